The summed E-state index contributed by atoms with van der Waals surface area (Å²) >= 11 is 0. The first kappa shape index (κ1) is 18.5. The largest absolute Gasteiger partial charge is 0.438 e. The quantitative estimate of drug-likeness (QED) is 0.724. The molecule has 1 aromatic carbocycles. The van der Waals surface area contributed by atoms with E-state index in [1.165, 1.54) is 12.3 Å². The molecular formula is C17H19FN2O6. The topological polar surface area (TPSA) is 114 Å². The number of hydrogen-bond donors (Lipinski definition) is 3. The van der Waals surface area contributed by atoms with Crippen molar-refractivity contribution in [2.75, 3.05) is 6.61 Å². The Morgan fingerprint density at radius 2 is 1.96 bits per heavy atom. The van der Waals surface area contributed by atoms with Crippen LogP contribution in [0.1, 0.15) is 17.4 Å². The van der Waals surface area contributed by atoms with Gasteiger partial charge >= 0.3 is 5.69 Å². The number of hydrogen-bond acceptors (Lipinski definition) is 7. The highest BCUT2D eigenvalue weighted by molar-refractivity contribution is 5.41. The summed E-state index contributed by atoms with van der Waals surface area (Å²) in [5, 5.41) is 28.6. The summed E-state index contributed by atoms with van der Waals surface area (Å²) in [7, 11) is 0. The fourth-order valence-electron chi connectivity index (χ4n) is 2.82. The van der Waals surface area contributed by atoms with Crippen molar-refractivity contribution in [1.82, 2.24) is 9.55 Å². The van der Waals surface area contributed by atoms with Gasteiger partial charge < -0.3 is 24.8 Å². The third-order valence-electron chi connectivity index (χ3n) is 4.28. The van der Waals surface area contributed by atoms with Crippen molar-refractivity contribution in [1.29, 1.82) is 0 Å². The van der Waals surface area contributed by atoms with Crippen LogP contribution < -0.4 is 10.4 Å². The Hall–Kier alpha value is -2.33. The lowest BCUT2D eigenvalue weighted by atomic mass is 10.1. The maximum atomic E-state index is 14.2. The van der Waals surface area contributed by atoms with Gasteiger partial charge in [0, 0.05) is 12.3 Å². The molecule has 8 nitrogen and oxygen atoms in total. The van der Waals surface area contributed by atoms with Crippen molar-refractivity contribution in [3.05, 3.63) is 52.1 Å². The second-order valence-electron chi connectivity index (χ2n) is 6.17. The molecule has 2 aromatic rings. The highest BCUT2D eigenvalue weighted by Crippen LogP contribution is 2.37. The standard InChI is InChI=1S/C17H19FN2O6/c1-9-4-3-5-10(2)13(9)25-11-6-7-20(16(24)19-11)15-12(22)14(23)17(18,8-21)26-15/h3-7,12,14-15,21-23H,8H2,1-2H3/t12-,14+,15-,17-/m1/s1. The lowest BCUT2D eigenvalue weighted by molar-refractivity contribution is -0.207. The van der Waals surface area contributed by atoms with Gasteiger partial charge in [0.05, 0.1) is 0 Å². The predicted molar refractivity (Wildman–Crippen MR) is 87.5 cm³/mol. The minimum Gasteiger partial charge on any atom is -0.438 e. The molecule has 1 saturated heterocycles. The number of para-hydroxylation sites is 1. The molecule has 1 aliphatic rings. The van der Waals surface area contributed by atoms with Crippen molar-refractivity contribution in [2.45, 2.75) is 38.1 Å². The zero-order valence-corrected chi connectivity index (χ0v) is 14.2. The number of halogens is 1. The van der Waals surface area contributed by atoms with E-state index in [0.29, 0.717) is 5.75 Å². The molecule has 0 radical (unpaired) electrons. The maximum Gasteiger partial charge on any atom is 0.353 e. The summed E-state index contributed by atoms with van der Waals surface area (Å²) in [5.74, 6) is -2.28. The number of ether oxygens (including phenoxy) is 2. The van der Waals surface area contributed by atoms with Crippen LogP contribution in [0, 0.1) is 13.8 Å². The average Bonchev–Trinajstić information content (AvgIpc) is 2.83. The molecule has 1 fully saturated rings. The Labute approximate surface area is 148 Å². The summed E-state index contributed by atoms with van der Waals surface area (Å²) in [6.07, 6.45) is -4.08. The van der Waals surface area contributed by atoms with E-state index in [-0.39, 0.29) is 5.88 Å². The molecule has 1 aromatic heterocycles. The van der Waals surface area contributed by atoms with Crippen LogP contribution in [0.2, 0.25) is 0 Å². The van der Waals surface area contributed by atoms with Gasteiger partial charge in [0.15, 0.2) is 6.23 Å². The van der Waals surface area contributed by atoms with Crippen LogP contribution in [0.3, 0.4) is 0 Å². The first-order valence-corrected chi connectivity index (χ1v) is 7.94. The number of rotatable bonds is 4. The van der Waals surface area contributed by atoms with Gasteiger partial charge in [-0.15, -0.1) is 0 Å². The number of alkyl halides is 1. The van der Waals surface area contributed by atoms with E-state index in [0.717, 1.165) is 15.7 Å². The van der Waals surface area contributed by atoms with E-state index in [9.17, 15) is 19.4 Å². The fraction of sp³-hybridized carbons (Fsp3) is 0.412. The van der Waals surface area contributed by atoms with Crippen molar-refractivity contribution < 1.29 is 29.2 Å². The molecule has 9 heteroatoms. The summed E-state index contributed by atoms with van der Waals surface area (Å²) in [6.45, 7) is 2.53. The van der Waals surface area contributed by atoms with Gasteiger partial charge in [-0.2, -0.15) is 4.98 Å². The Balaban J connectivity index is 1.88. The van der Waals surface area contributed by atoms with Crippen LogP contribution >= 0.6 is 0 Å². The lowest BCUT2D eigenvalue weighted by Crippen LogP contribution is -2.42. The maximum absolute atomic E-state index is 14.2. The molecule has 140 valence electrons. The van der Waals surface area contributed by atoms with Gasteiger partial charge in [0.1, 0.15) is 24.6 Å². The summed E-state index contributed by atoms with van der Waals surface area (Å²) in [4.78, 5) is 16.0. The normalized spacial score (nSPS) is 28.3. The van der Waals surface area contributed by atoms with E-state index in [2.05, 4.69) is 4.98 Å². The molecule has 0 saturated carbocycles. The first-order chi connectivity index (χ1) is 12.3. The van der Waals surface area contributed by atoms with E-state index >= 15 is 0 Å². The Bertz CT molecular complexity index is 852. The molecule has 0 aliphatic carbocycles. The smallest absolute Gasteiger partial charge is 0.353 e. The van der Waals surface area contributed by atoms with E-state index < -0.39 is 36.6 Å². The van der Waals surface area contributed by atoms with Gasteiger partial charge in [0.2, 0.25) is 5.88 Å². The van der Waals surface area contributed by atoms with Gasteiger partial charge in [-0.05, 0) is 25.0 Å². The molecule has 1 aliphatic heterocycles. The van der Waals surface area contributed by atoms with Gasteiger partial charge in [-0.3, -0.25) is 4.57 Å². The first-order valence-electron chi connectivity index (χ1n) is 7.94. The van der Waals surface area contributed by atoms with Crippen LogP contribution in [-0.4, -0.2) is 49.5 Å². The molecule has 3 rings (SSSR count). The van der Waals surface area contributed by atoms with Crippen molar-refractivity contribution in [3.63, 3.8) is 0 Å². The lowest BCUT2D eigenvalue weighted by Gasteiger charge is -2.20. The van der Waals surface area contributed by atoms with Crippen LogP contribution in [0.5, 0.6) is 11.6 Å². The third-order valence-corrected chi connectivity index (χ3v) is 4.28. The van der Waals surface area contributed by atoms with Gasteiger partial charge in [-0.25, -0.2) is 9.18 Å². The highest BCUT2D eigenvalue weighted by Gasteiger charge is 2.55. The number of aryl methyl sites for hydroxylation is 2. The number of benzene rings is 1. The Morgan fingerprint density at radius 3 is 2.50 bits per heavy atom. The molecule has 26 heavy (non-hydrogen) atoms. The van der Waals surface area contributed by atoms with Crippen molar-refractivity contribution in [2.24, 2.45) is 0 Å². The van der Waals surface area contributed by atoms with Crippen LogP contribution in [-0.2, 0) is 4.74 Å². The third kappa shape index (κ3) is 3.10. The van der Waals surface area contributed by atoms with E-state index in [1.807, 2.05) is 32.0 Å². The second-order valence-corrected chi connectivity index (χ2v) is 6.17. The predicted octanol–water partition coefficient (Wildman–Crippen LogP) is 0.561. The molecular weight excluding hydrogens is 347 g/mol. The van der Waals surface area contributed by atoms with E-state index in [4.69, 9.17) is 14.6 Å². The number of aliphatic hydroxyl groups is 3. The number of aromatic nitrogens is 2. The monoisotopic (exact) mass is 366 g/mol. The molecule has 2 heterocycles. The second kappa shape index (κ2) is 6.76. The minimum absolute atomic E-state index is 0.0188. The zero-order valence-electron chi connectivity index (χ0n) is 14.2. The Kier molecular flexibility index (Phi) is 4.80. The SMILES string of the molecule is Cc1cccc(C)c1Oc1ccn([C@@H]2O[C@](F)(CO)[C@@H](O)[C@H]2O)c(=O)n1. The molecule has 0 unspecified atom stereocenters. The Morgan fingerprint density at radius 1 is 1.31 bits per heavy atom. The summed E-state index contributed by atoms with van der Waals surface area (Å²) in [6, 6.07) is 6.93. The molecule has 4 atom stereocenters. The molecule has 3 N–H and O–H groups in total. The average molecular weight is 366 g/mol. The molecule has 0 bridgehead atoms. The van der Waals surface area contributed by atoms with Crippen LogP contribution in [0.25, 0.3) is 0 Å². The molecule has 0 spiro atoms. The fourth-order valence-corrected chi connectivity index (χ4v) is 2.82. The van der Waals surface area contributed by atoms with Crippen molar-refractivity contribution >= 4 is 0 Å². The van der Waals surface area contributed by atoms with Crippen LogP contribution in [0.15, 0.2) is 35.3 Å². The number of nitrogens with zero attached hydrogens (tertiary/aromatic N) is 2. The van der Waals surface area contributed by atoms with E-state index in [1.54, 1.807) is 0 Å². The van der Waals surface area contributed by atoms with Gasteiger partial charge in [0.25, 0.3) is 5.85 Å². The van der Waals surface area contributed by atoms with Crippen LogP contribution in [0.4, 0.5) is 4.39 Å². The highest BCUT2D eigenvalue weighted by atomic mass is 19.2. The van der Waals surface area contributed by atoms with Crippen molar-refractivity contribution in [3.8, 4) is 11.6 Å². The zero-order chi connectivity index (χ0) is 19.1. The summed E-state index contributed by atoms with van der Waals surface area (Å²) < 4.78 is 25.5. The molecule has 0 amide bonds. The number of aliphatic hydroxyl groups excluding tert-OH is 3. The summed E-state index contributed by atoms with van der Waals surface area (Å²) in [5.41, 5.74) is 0.852. The minimum atomic E-state index is -2.86. The van der Waals surface area contributed by atoms with Gasteiger partial charge in [-0.1, -0.05) is 18.2 Å².